The first kappa shape index (κ1) is 14.8. The second-order valence-electron chi connectivity index (χ2n) is 6.75. The fourth-order valence-electron chi connectivity index (χ4n) is 4.14. The van der Waals surface area contributed by atoms with Crippen molar-refractivity contribution in [2.24, 2.45) is 0 Å². The number of aromatic nitrogens is 2. The Balaban J connectivity index is 1.65. The molecule has 1 aliphatic carbocycles. The average Bonchev–Trinajstić information content (AvgIpc) is 3.09. The van der Waals surface area contributed by atoms with Crippen molar-refractivity contribution in [1.82, 2.24) is 14.5 Å². The quantitative estimate of drug-likeness (QED) is 0.864. The monoisotopic (exact) mass is 311 g/mol. The highest BCUT2D eigenvalue weighted by Gasteiger charge is 2.33. The van der Waals surface area contributed by atoms with Crippen LogP contribution in [0.4, 0.5) is 0 Å². The Hall–Kier alpha value is -1.81. The number of ether oxygens (including phenoxy) is 1. The Labute approximate surface area is 138 Å². The molecule has 1 unspecified atom stereocenters. The van der Waals surface area contributed by atoms with Gasteiger partial charge in [0.1, 0.15) is 11.6 Å². The number of benzene rings is 1. The van der Waals surface area contributed by atoms with Gasteiger partial charge in [0.05, 0.1) is 19.7 Å². The summed E-state index contributed by atoms with van der Waals surface area (Å²) < 4.78 is 7.63. The summed E-state index contributed by atoms with van der Waals surface area (Å²) in [7, 11) is 1.72. The number of hydrogen-bond acceptors (Lipinski definition) is 3. The van der Waals surface area contributed by atoms with E-state index in [0.717, 1.165) is 18.8 Å². The van der Waals surface area contributed by atoms with Gasteiger partial charge in [-0.15, -0.1) is 0 Å². The van der Waals surface area contributed by atoms with Crippen LogP contribution in [0.3, 0.4) is 0 Å². The van der Waals surface area contributed by atoms with Crippen LogP contribution >= 0.6 is 0 Å². The second kappa shape index (κ2) is 6.36. The minimum Gasteiger partial charge on any atom is -0.497 e. The van der Waals surface area contributed by atoms with Gasteiger partial charge >= 0.3 is 0 Å². The van der Waals surface area contributed by atoms with Crippen molar-refractivity contribution in [2.45, 2.75) is 57.3 Å². The van der Waals surface area contributed by atoms with Crippen LogP contribution in [0.2, 0.25) is 0 Å². The fourth-order valence-corrected chi connectivity index (χ4v) is 4.14. The summed E-state index contributed by atoms with van der Waals surface area (Å²) in [6.45, 7) is 1.96. The summed E-state index contributed by atoms with van der Waals surface area (Å²) in [6, 6.07) is 9.74. The molecule has 0 N–H and O–H groups in total. The van der Waals surface area contributed by atoms with Crippen LogP contribution in [-0.2, 0) is 13.1 Å². The van der Waals surface area contributed by atoms with E-state index in [1.165, 1.54) is 43.5 Å². The summed E-state index contributed by atoms with van der Waals surface area (Å²) in [6.07, 6.45) is 10.8. The summed E-state index contributed by atoms with van der Waals surface area (Å²) in [5.74, 6) is 2.14. The maximum absolute atomic E-state index is 5.31. The number of fused-ring (bicyclic) bond motifs is 1. The summed E-state index contributed by atoms with van der Waals surface area (Å²) in [5.41, 5.74) is 1.38. The maximum atomic E-state index is 5.31. The van der Waals surface area contributed by atoms with Crippen molar-refractivity contribution >= 4 is 0 Å². The van der Waals surface area contributed by atoms with Gasteiger partial charge in [-0.2, -0.15) is 0 Å². The molecule has 2 aliphatic rings. The third-order valence-electron chi connectivity index (χ3n) is 5.44. The van der Waals surface area contributed by atoms with Crippen molar-refractivity contribution < 1.29 is 4.74 Å². The molecular formula is C19H25N3O. The molecule has 1 fully saturated rings. The third kappa shape index (κ3) is 2.88. The van der Waals surface area contributed by atoms with Gasteiger partial charge in [0.25, 0.3) is 0 Å². The van der Waals surface area contributed by atoms with Crippen molar-refractivity contribution in [3.63, 3.8) is 0 Å². The zero-order chi connectivity index (χ0) is 15.6. The Morgan fingerprint density at radius 3 is 2.61 bits per heavy atom. The highest BCUT2D eigenvalue weighted by Crippen LogP contribution is 2.36. The van der Waals surface area contributed by atoms with E-state index in [2.05, 4.69) is 44.9 Å². The van der Waals surface area contributed by atoms with E-state index >= 15 is 0 Å². The van der Waals surface area contributed by atoms with E-state index in [9.17, 15) is 0 Å². The van der Waals surface area contributed by atoms with Gasteiger partial charge in [0.15, 0.2) is 0 Å². The SMILES string of the molecule is COc1ccc(C2Cn3ccnc3CN2C2CCCCC2)cc1. The molecule has 1 aromatic carbocycles. The Kier molecular flexibility index (Phi) is 4.08. The minimum absolute atomic E-state index is 0.436. The van der Waals surface area contributed by atoms with E-state index in [-0.39, 0.29) is 0 Å². The molecule has 0 saturated heterocycles. The smallest absolute Gasteiger partial charge is 0.122 e. The van der Waals surface area contributed by atoms with Gasteiger partial charge in [0, 0.05) is 25.0 Å². The molecule has 0 bridgehead atoms. The molecule has 0 radical (unpaired) electrons. The van der Waals surface area contributed by atoms with E-state index in [4.69, 9.17) is 4.74 Å². The lowest BCUT2D eigenvalue weighted by Gasteiger charge is -2.43. The Morgan fingerprint density at radius 2 is 1.87 bits per heavy atom. The molecule has 1 saturated carbocycles. The molecule has 2 heterocycles. The van der Waals surface area contributed by atoms with E-state index in [0.29, 0.717) is 12.1 Å². The normalized spacial score (nSPS) is 22.7. The molecule has 122 valence electrons. The first-order valence-electron chi connectivity index (χ1n) is 8.75. The molecule has 4 heteroatoms. The predicted molar refractivity (Wildman–Crippen MR) is 90.4 cm³/mol. The van der Waals surface area contributed by atoms with Gasteiger partial charge < -0.3 is 9.30 Å². The molecule has 23 heavy (non-hydrogen) atoms. The standard InChI is InChI=1S/C19H25N3O/c1-23-17-9-7-15(8-10-17)18-13-21-12-11-20-19(21)14-22(18)16-5-3-2-4-6-16/h7-12,16,18H,2-6,13-14H2,1H3. The van der Waals surface area contributed by atoms with Gasteiger partial charge in [-0.1, -0.05) is 31.4 Å². The van der Waals surface area contributed by atoms with E-state index < -0.39 is 0 Å². The Bertz CT molecular complexity index is 643. The van der Waals surface area contributed by atoms with Crippen molar-refractivity contribution in [1.29, 1.82) is 0 Å². The second-order valence-corrected chi connectivity index (χ2v) is 6.75. The van der Waals surface area contributed by atoms with Crippen LogP contribution in [-0.4, -0.2) is 27.6 Å². The average molecular weight is 311 g/mol. The highest BCUT2D eigenvalue weighted by atomic mass is 16.5. The fraction of sp³-hybridized carbons (Fsp3) is 0.526. The summed E-state index contributed by atoms with van der Waals surface area (Å²) in [5, 5.41) is 0. The van der Waals surface area contributed by atoms with Gasteiger partial charge in [-0.05, 0) is 30.5 Å². The lowest BCUT2D eigenvalue weighted by atomic mass is 9.91. The number of methoxy groups -OCH3 is 1. The topological polar surface area (TPSA) is 30.3 Å². The van der Waals surface area contributed by atoms with Crippen molar-refractivity contribution in [2.75, 3.05) is 7.11 Å². The van der Waals surface area contributed by atoms with Crippen LogP contribution < -0.4 is 4.74 Å². The minimum atomic E-state index is 0.436. The first-order valence-corrected chi connectivity index (χ1v) is 8.75. The van der Waals surface area contributed by atoms with E-state index in [1.807, 2.05) is 6.20 Å². The molecule has 1 aliphatic heterocycles. The Morgan fingerprint density at radius 1 is 1.09 bits per heavy atom. The van der Waals surface area contributed by atoms with Crippen LogP contribution in [0.1, 0.15) is 49.5 Å². The molecular weight excluding hydrogens is 286 g/mol. The molecule has 1 aromatic heterocycles. The number of rotatable bonds is 3. The van der Waals surface area contributed by atoms with Crippen LogP contribution in [0.5, 0.6) is 5.75 Å². The van der Waals surface area contributed by atoms with Crippen molar-refractivity contribution in [3.8, 4) is 5.75 Å². The van der Waals surface area contributed by atoms with Gasteiger partial charge in [-0.3, -0.25) is 4.90 Å². The predicted octanol–water partition coefficient (Wildman–Crippen LogP) is 3.78. The molecule has 0 spiro atoms. The lowest BCUT2D eigenvalue weighted by Crippen LogP contribution is -2.44. The van der Waals surface area contributed by atoms with E-state index in [1.54, 1.807) is 7.11 Å². The zero-order valence-electron chi connectivity index (χ0n) is 13.8. The zero-order valence-corrected chi connectivity index (χ0v) is 13.8. The summed E-state index contributed by atoms with van der Waals surface area (Å²) >= 11 is 0. The van der Waals surface area contributed by atoms with Gasteiger partial charge in [-0.25, -0.2) is 4.98 Å². The van der Waals surface area contributed by atoms with Crippen LogP contribution in [0.15, 0.2) is 36.7 Å². The largest absolute Gasteiger partial charge is 0.497 e. The summed E-state index contributed by atoms with van der Waals surface area (Å²) in [4.78, 5) is 7.26. The number of hydrogen-bond donors (Lipinski definition) is 0. The molecule has 0 amide bonds. The molecule has 4 nitrogen and oxygen atoms in total. The number of imidazole rings is 1. The van der Waals surface area contributed by atoms with Gasteiger partial charge in [0.2, 0.25) is 0 Å². The van der Waals surface area contributed by atoms with Crippen LogP contribution in [0.25, 0.3) is 0 Å². The lowest BCUT2D eigenvalue weighted by molar-refractivity contribution is 0.0620. The highest BCUT2D eigenvalue weighted by molar-refractivity contribution is 5.29. The third-order valence-corrected chi connectivity index (χ3v) is 5.44. The van der Waals surface area contributed by atoms with Crippen molar-refractivity contribution in [3.05, 3.63) is 48.0 Å². The number of nitrogens with zero attached hydrogens (tertiary/aromatic N) is 3. The molecule has 2 aromatic rings. The van der Waals surface area contributed by atoms with Crippen LogP contribution in [0, 0.1) is 0 Å². The maximum Gasteiger partial charge on any atom is 0.122 e. The first-order chi connectivity index (χ1) is 11.3. The molecule has 1 atom stereocenters. The molecule has 4 rings (SSSR count).